The molecule has 8 heteroatoms. The van der Waals surface area contributed by atoms with Gasteiger partial charge in [0.05, 0.1) is 6.10 Å². The molecule has 0 bridgehead atoms. The highest BCUT2D eigenvalue weighted by atomic mass is 127. The van der Waals surface area contributed by atoms with Gasteiger partial charge in [0.25, 0.3) is 0 Å². The van der Waals surface area contributed by atoms with Gasteiger partial charge >= 0.3 is 6.61 Å². The number of hydrogen-bond donors (Lipinski definition) is 2. The van der Waals surface area contributed by atoms with E-state index in [0.717, 1.165) is 24.6 Å². The van der Waals surface area contributed by atoms with E-state index in [1.807, 2.05) is 0 Å². The van der Waals surface area contributed by atoms with Crippen molar-refractivity contribution in [2.45, 2.75) is 51.0 Å². The quantitative estimate of drug-likeness (QED) is 0.375. The third-order valence-corrected chi connectivity index (χ3v) is 6.16. The Kier molecular flexibility index (Phi) is 6.45. The van der Waals surface area contributed by atoms with E-state index in [0.29, 0.717) is 30.0 Å². The first-order valence-electron chi connectivity index (χ1n) is 9.25. The number of nitrogens with zero attached hydrogens (tertiary/aromatic N) is 1. The van der Waals surface area contributed by atoms with Gasteiger partial charge in [-0.25, -0.2) is 0 Å². The molecule has 0 aromatic heterocycles. The zero-order chi connectivity index (χ0) is 18.1. The summed E-state index contributed by atoms with van der Waals surface area (Å²) in [6.45, 7) is -1.36. The van der Waals surface area contributed by atoms with Crippen molar-refractivity contribution in [1.82, 2.24) is 10.6 Å². The molecule has 5 nitrogen and oxygen atoms in total. The Labute approximate surface area is 175 Å². The van der Waals surface area contributed by atoms with Gasteiger partial charge in [-0.3, -0.25) is 4.99 Å². The Hall–Kier alpha value is -1.16. The zero-order valence-electron chi connectivity index (χ0n) is 15.3. The predicted molar refractivity (Wildman–Crippen MR) is 110 cm³/mol. The van der Waals surface area contributed by atoms with Gasteiger partial charge in [0, 0.05) is 37.6 Å². The highest BCUT2D eigenvalue weighted by molar-refractivity contribution is 14.0. The number of aliphatic imine (C=N–C) groups is 1. The number of guanidine groups is 1. The maximum atomic E-state index is 12.2. The van der Waals surface area contributed by atoms with E-state index < -0.39 is 6.61 Å². The summed E-state index contributed by atoms with van der Waals surface area (Å²) in [6, 6.07) is 7.08. The summed E-state index contributed by atoms with van der Waals surface area (Å²) in [7, 11) is 1.77. The Morgan fingerprint density at radius 3 is 2.67 bits per heavy atom. The monoisotopic (exact) mass is 493 g/mol. The third-order valence-electron chi connectivity index (χ3n) is 6.16. The van der Waals surface area contributed by atoms with E-state index in [2.05, 4.69) is 20.4 Å². The van der Waals surface area contributed by atoms with Crippen LogP contribution in [-0.4, -0.2) is 38.4 Å². The van der Waals surface area contributed by atoms with Gasteiger partial charge in [-0.1, -0.05) is 18.6 Å². The van der Waals surface area contributed by atoms with Crippen LogP contribution in [0.25, 0.3) is 0 Å². The van der Waals surface area contributed by atoms with Crippen LogP contribution in [0, 0.1) is 11.3 Å². The molecule has 2 saturated carbocycles. The van der Waals surface area contributed by atoms with Crippen LogP contribution in [0.5, 0.6) is 5.75 Å². The molecule has 2 aliphatic carbocycles. The lowest BCUT2D eigenvalue weighted by Crippen LogP contribution is -2.72. The van der Waals surface area contributed by atoms with Crippen LogP contribution >= 0.6 is 24.0 Å². The van der Waals surface area contributed by atoms with Crippen molar-refractivity contribution in [3.63, 3.8) is 0 Å². The van der Waals surface area contributed by atoms with E-state index in [1.54, 1.807) is 31.3 Å². The minimum absolute atomic E-state index is 0. The first-order chi connectivity index (χ1) is 12.6. The molecule has 3 fully saturated rings. The molecular formula is C19H26F2IN3O2. The lowest BCUT2D eigenvalue weighted by Gasteiger charge is -2.63. The first-order valence-corrected chi connectivity index (χ1v) is 9.25. The van der Waals surface area contributed by atoms with Crippen molar-refractivity contribution in [2.24, 2.45) is 16.3 Å². The number of alkyl halides is 2. The first kappa shape index (κ1) is 20.6. The van der Waals surface area contributed by atoms with E-state index >= 15 is 0 Å². The summed E-state index contributed by atoms with van der Waals surface area (Å²) in [5, 5.41) is 6.93. The van der Waals surface area contributed by atoms with E-state index in [-0.39, 0.29) is 29.7 Å². The average Bonchev–Trinajstić information content (AvgIpc) is 2.99. The van der Waals surface area contributed by atoms with Gasteiger partial charge in [-0.15, -0.1) is 24.0 Å². The highest BCUT2D eigenvalue weighted by Crippen LogP contribution is 2.62. The zero-order valence-corrected chi connectivity index (χ0v) is 17.6. The van der Waals surface area contributed by atoms with Crippen molar-refractivity contribution in [3.05, 3.63) is 29.8 Å². The van der Waals surface area contributed by atoms with E-state index in [4.69, 9.17) is 4.74 Å². The molecule has 3 aliphatic rings. The number of rotatable bonds is 5. The summed E-state index contributed by atoms with van der Waals surface area (Å²) in [5.41, 5.74) is 1.27. The topological polar surface area (TPSA) is 54.9 Å². The van der Waals surface area contributed by atoms with Crippen molar-refractivity contribution in [1.29, 1.82) is 0 Å². The summed E-state index contributed by atoms with van der Waals surface area (Å²) in [5.74, 6) is 1.53. The van der Waals surface area contributed by atoms with Crippen LogP contribution in [0.15, 0.2) is 29.3 Å². The van der Waals surface area contributed by atoms with Crippen LogP contribution < -0.4 is 15.4 Å². The molecule has 0 radical (unpaired) electrons. The number of ether oxygens (including phenoxy) is 2. The van der Waals surface area contributed by atoms with Crippen LogP contribution in [0.3, 0.4) is 0 Å². The number of halogens is 3. The van der Waals surface area contributed by atoms with Crippen LogP contribution in [-0.2, 0) is 11.3 Å². The fraction of sp³-hybridized carbons (Fsp3) is 0.632. The maximum Gasteiger partial charge on any atom is 0.387 e. The molecule has 4 rings (SSSR count). The number of hydrogen-bond acceptors (Lipinski definition) is 3. The minimum Gasteiger partial charge on any atom is -0.435 e. The second-order valence-electron chi connectivity index (χ2n) is 7.40. The lowest BCUT2D eigenvalue weighted by atomic mass is 9.46. The lowest BCUT2D eigenvalue weighted by molar-refractivity contribution is -0.171. The van der Waals surface area contributed by atoms with Crippen LogP contribution in [0.4, 0.5) is 8.78 Å². The third kappa shape index (κ3) is 3.87. The Morgan fingerprint density at radius 1 is 1.33 bits per heavy atom. The summed E-state index contributed by atoms with van der Waals surface area (Å²) < 4.78 is 34.7. The average molecular weight is 493 g/mol. The smallest absolute Gasteiger partial charge is 0.387 e. The minimum atomic E-state index is -2.80. The van der Waals surface area contributed by atoms with Crippen LogP contribution in [0.2, 0.25) is 0 Å². The number of benzene rings is 1. The molecule has 150 valence electrons. The summed E-state index contributed by atoms with van der Waals surface area (Å²) in [4.78, 5) is 4.35. The Balaban J connectivity index is 0.00000210. The molecule has 0 amide bonds. The molecule has 27 heavy (non-hydrogen) atoms. The van der Waals surface area contributed by atoms with Crippen molar-refractivity contribution in [3.8, 4) is 5.75 Å². The molecule has 2 N–H and O–H groups in total. The molecule has 1 aromatic rings. The molecule has 1 spiro atoms. The van der Waals surface area contributed by atoms with Crippen LogP contribution in [0.1, 0.15) is 31.2 Å². The maximum absolute atomic E-state index is 12.2. The fourth-order valence-electron chi connectivity index (χ4n) is 4.77. The van der Waals surface area contributed by atoms with Crippen molar-refractivity contribution >= 4 is 29.9 Å². The predicted octanol–water partition coefficient (Wildman–Crippen LogP) is 3.53. The molecule has 1 saturated heterocycles. The van der Waals surface area contributed by atoms with Gasteiger partial charge in [-0.05, 0) is 37.0 Å². The molecule has 1 aromatic carbocycles. The van der Waals surface area contributed by atoms with Gasteiger partial charge in [0.2, 0.25) is 0 Å². The molecule has 3 atom stereocenters. The van der Waals surface area contributed by atoms with E-state index in [1.165, 1.54) is 19.3 Å². The molecule has 1 heterocycles. The second kappa shape index (κ2) is 8.46. The summed E-state index contributed by atoms with van der Waals surface area (Å²) in [6.07, 6.45) is 5.29. The highest BCUT2D eigenvalue weighted by Gasteiger charge is 2.66. The SMILES string of the molecule is CN=C(NCc1ccc(OC(F)F)cc1)NC1C2CCOC2C12CCC2.I. The van der Waals surface area contributed by atoms with Crippen molar-refractivity contribution in [2.75, 3.05) is 13.7 Å². The molecule has 1 aliphatic heterocycles. The number of fused-ring (bicyclic) bond motifs is 2. The normalized spacial score (nSPS) is 28.0. The second-order valence-corrected chi connectivity index (χ2v) is 7.40. The number of nitrogens with one attached hydrogen (secondary N) is 2. The summed E-state index contributed by atoms with van der Waals surface area (Å²) >= 11 is 0. The standard InChI is InChI=1S/C19H25F2N3O2.HI/c1-22-18(23-11-12-3-5-13(6-4-12)26-17(20)21)24-15-14-7-10-25-16(14)19(15)8-2-9-19;/h3-6,14-17H,2,7-11H2,1H3,(H2,22,23,24);1H. The van der Waals surface area contributed by atoms with Gasteiger partial charge in [0.15, 0.2) is 5.96 Å². The van der Waals surface area contributed by atoms with Gasteiger partial charge in [-0.2, -0.15) is 8.78 Å². The van der Waals surface area contributed by atoms with E-state index in [9.17, 15) is 8.78 Å². The Morgan fingerprint density at radius 2 is 2.07 bits per heavy atom. The van der Waals surface area contributed by atoms with Gasteiger partial charge < -0.3 is 20.1 Å². The Bertz CT molecular complexity index is 667. The molecule has 3 unspecified atom stereocenters. The van der Waals surface area contributed by atoms with Gasteiger partial charge in [0.1, 0.15) is 5.75 Å². The van der Waals surface area contributed by atoms with Crippen molar-refractivity contribution < 1.29 is 18.3 Å². The molecular weight excluding hydrogens is 467 g/mol. The largest absolute Gasteiger partial charge is 0.435 e. The fourth-order valence-corrected chi connectivity index (χ4v) is 4.77.